The van der Waals surface area contributed by atoms with Crippen LogP contribution in [0.5, 0.6) is 5.75 Å². The van der Waals surface area contributed by atoms with Crippen LogP contribution in [0.15, 0.2) is 41.1 Å². The van der Waals surface area contributed by atoms with Crippen LogP contribution >= 0.6 is 0 Å². The SMILES string of the molecule is Cc1noc(C)c1CN1C(=O)COc2cc(C(=O)NCc3ccc(C(F)(F)F)nc3)ccc21. The second-order valence-corrected chi connectivity index (χ2v) is 7.49. The fourth-order valence-corrected chi connectivity index (χ4v) is 3.39. The number of hydrogen-bond acceptors (Lipinski definition) is 6. The van der Waals surface area contributed by atoms with Crippen LogP contribution in [0.25, 0.3) is 0 Å². The predicted octanol–water partition coefficient (Wildman–Crippen LogP) is 3.56. The molecule has 33 heavy (non-hydrogen) atoms. The summed E-state index contributed by atoms with van der Waals surface area (Å²) in [5.74, 6) is 0.289. The molecule has 0 radical (unpaired) electrons. The van der Waals surface area contributed by atoms with Crippen LogP contribution in [0, 0.1) is 13.8 Å². The van der Waals surface area contributed by atoms with Gasteiger partial charge in [-0.25, -0.2) is 0 Å². The van der Waals surface area contributed by atoms with E-state index in [1.54, 1.807) is 30.9 Å². The van der Waals surface area contributed by atoms with Gasteiger partial charge >= 0.3 is 6.18 Å². The Bertz CT molecular complexity index is 1190. The summed E-state index contributed by atoms with van der Waals surface area (Å²) in [5, 5.41) is 6.54. The highest BCUT2D eigenvalue weighted by Gasteiger charge is 2.32. The van der Waals surface area contributed by atoms with Gasteiger partial charge in [-0.1, -0.05) is 11.2 Å². The number of amides is 2. The predicted molar refractivity (Wildman–Crippen MR) is 110 cm³/mol. The van der Waals surface area contributed by atoms with E-state index in [-0.39, 0.29) is 31.2 Å². The normalized spacial score (nSPS) is 13.5. The van der Waals surface area contributed by atoms with Crippen molar-refractivity contribution in [3.05, 3.63) is 70.4 Å². The topological polar surface area (TPSA) is 97.6 Å². The van der Waals surface area contributed by atoms with E-state index in [9.17, 15) is 22.8 Å². The zero-order chi connectivity index (χ0) is 23.8. The Morgan fingerprint density at radius 1 is 1.21 bits per heavy atom. The smallest absolute Gasteiger partial charge is 0.433 e. The number of nitrogens with zero attached hydrogens (tertiary/aromatic N) is 3. The van der Waals surface area contributed by atoms with Gasteiger partial charge in [0.2, 0.25) is 0 Å². The molecule has 2 aromatic heterocycles. The molecular weight excluding hydrogens is 441 g/mol. The first kappa shape index (κ1) is 22.3. The minimum atomic E-state index is -4.52. The number of anilines is 1. The number of pyridine rings is 1. The maximum Gasteiger partial charge on any atom is 0.433 e. The van der Waals surface area contributed by atoms with E-state index in [1.165, 1.54) is 12.1 Å². The largest absolute Gasteiger partial charge is 0.482 e. The fraction of sp³-hybridized carbons (Fsp3) is 0.273. The number of hydrogen-bond donors (Lipinski definition) is 1. The van der Waals surface area contributed by atoms with Crippen molar-refractivity contribution in [2.75, 3.05) is 11.5 Å². The summed E-state index contributed by atoms with van der Waals surface area (Å²) >= 11 is 0. The molecule has 1 aliphatic rings. The summed E-state index contributed by atoms with van der Waals surface area (Å²) < 4.78 is 48.5. The lowest BCUT2D eigenvalue weighted by Gasteiger charge is -2.29. The lowest BCUT2D eigenvalue weighted by molar-refractivity contribution is -0.141. The zero-order valence-electron chi connectivity index (χ0n) is 17.7. The highest BCUT2D eigenvalue weighted by Crippen LogP contribution is 2.35. The van der Waals surface area contributed by atoms with E-state index >= 15 is 0 Å². The van der Waals surface area contributed by atoms with Gasteiger partial charge in [-0.3, -0.25) is 14.6 Å². The second-order valence-electron chi connectivity index (χ2n) is 7.49. The van der Waals surface area contributed by atoms with Crippen LogP contribution < -0.4 is 15.0 Å². The number of alkyl halides is 3. The molecule has 0 atom stereocenters. The van der Waals surface area contributed by atoms with Crippen molar-refractivity contribution in [3.8, 4) is 5.75 Å². The molecule has 0 fully saturated rings. The van der Waals surface area contributed by atoms with E-state index in [0.29, 0.717) is 28.5 Å². The number of aryl methyl sites for hydroxylation is 2. The van der Waals surface area contributed by atoms with Crippen molar-refractivity contribution < 1.29 is 32.0 Å². The van der Waals surface area contributed by atoms with E-state index in [1.807, 2.05) is 0 Å². The lowest BCUT2D eigenvalue weighted by atomic mass is 10.1. The average molecular weight is 460 g/mol. The number of benzene rings is 1. The Kier molecular flexibility index (Phi) is 5.79. The van der Waals surface area contributed by atoms with Crippen LogP contribution in [0.1, 0.15) is 38.6 Å². The third-order valence-corrected chi connectivity index (χ3v) is 5.23. The second kappa shape index (κ2) is 8.57. The molecule has 4 rings (SSSR count). The van der Waals surface area contributed by atoms with Crippen molar-refractivity contribution in [2.45, 2.75) is 33.1 Å². The fourth-order valence-electron chi connectivity index (χ4n) is 3.39. The van der Waals surface area contributed by atoms with Crippen molar-refractivity contribution in [3.63, 3.8) is 0 Å². The van der Waals surface area contributed by atoms with Gasteiger partial charge in [-0.15, -0.1) is 0 Å². The maximum absolute atomic E-state index is 12.6. The first-order valence-electron chi connectivity index (χ1n) is 9.93. The average Bonchev–Trinajstić information content (AvgIpc) is 3.10. The molecule has 0 spiro atoms. The Balaban J connectivity index is 1.47. The van der Waals surface area contributed by atoms with Gasteiger partial charge in [0.05, 0.1) is 17.9 Å². The summed E-state index contributed by atoms with van der Waals surface area (Å²) in [6.07, 6.45) is -3.46. The number of ether oxygens (including phenoxy) is 1. The maximum atomic E-state index is 12.6. The molecule has 11 heteroatoms. The van der Waals surface area contributed by atoms with Gasteiger partial charge in [0, 0.05) is 23.9 Å². The summed E-state index contributed by atoms with van der Waals surface area (Å²) in [6.45, 7) is 3.62. The molecule has 1 aromatic carbocycles. The molecule has 2 amide bonds. The summed E-state index contributed by atoms with van der Waals surface area (Å²) in [7, 11) is 0. The molecular formula is C22H19F3N4O4. The van der Waals surface area contributed by atoms with Crippen LogP contribution in [0.3, 0.4) is 0 Å². The first-order valence-corrected chi connectivity index (χ1v) is 9.93. The first-order chi connectivity index (χ1) is 15.6. The number of nitrogens with one attached hydrogen (secondary N) is 1. The molecule has 8 nitrogen and oxygen atoms in total. The summed E-state index contributed by atoms with van der Waals surface area (Å²) in [5.41, 5.74) is 1.68. The van der Waals surface area contributed by atoms with E-state index < -0.39 is 17.8 Å². The number of halogens is 3. The zero-order valence-corrected chi connectivity index (χ0v) is 17.7. The van der Waals surface area contributed by atoms with Crippen LogP contribution in [-0.2, 0) is 24.1 Å². The van der Waals surface area contributed by atoms with E-state index in [4.69, 9.17) is 9.26 Å². The molecule has 3 aromatic rings. The van der Waals surface area contributed by atoms with Crippen molar-refractivity contribution in [1.82, 2.24) is 15.5 Å². The van der Waals surface area contributed by atoms with Gasteiger partial charge in [-0.05, 0) is 43.7 Å². The van der Waals surface area contributed by atoms with Gasteiger partial charge in [-0.2, -0.15) is 13.2 Å². The third kappa shape index (κ3) is 4.66. The molecule has 3 heterocycles. The third-order valence-electron chi connectivity index (χ3n) is 5.23. The molecule has 1 aliphatic heterocycles. The Morgan fingerprint density at radius 2 is 2.00 bits per heavy atom. The Labute approximate surface area is 186 Å². The Hall–Kier alpha value is -3.89. The minimum absolute atomic E-state index is 0.00142. The number of fused-ring (bicyclic) bond motifs is 1. The number of carbonyl (C=O) groups is 2. The van der Waals surface area contributed by atoms with Crippen LogP contribution in [0.4, 0.5) is 18.9 Å². The highest BCUT2D eigenvalue weighted by molar-refractivity contribution is 6.00. The molecule has 0 bridgehead atoms. The number of rotatable bonds is 5. The molecule has 0 saturated heterocycles. The van der Waals surface area contributed by atoms with Gasteiger partial charge in [0.1, 0.15) is 17.2 Å². The number of aromatic nitrogens is 2. The quantitative estimate of drug-likeness (QED) is 0.625. The monoisotopic (exact) mass is 460 g/mol. The standard InChI is InChI=1S/C22H19F3N4O4/c1-12-16(13(2)33-28-12)10-29-17-5-4-15(7-18(17)32-11-20(29)30)21(31)27-9-14-3-6-19(26-8-14)22(23,24)25/h3-8H,9-11H2,1-2H3,(H,27,31). The lowest BCUT2D eigenvalue weighted by Crippen LogP contribution is -2.38. The molecule has 172 valence electrons. The highest BCUT2D eigenvalue weighted by atomic mass is 19.4. The summed E-state index contributed by atoms with van der Waals surface area (Å²) in [6, 6.07) is 6.78. The summed E-state index contributed by atoms with van der Waals surface area (Å²) in [4.78, 5) is 29.9. The number of carbonyl (C=O) groups excluding carboxylic acids is 2. The van der Waals surface area contributed by atoms with E-state index in [2.05, 4.69) is 15.5 Å². The van der Waals surface area contributed by atoms with E-state index in [0.717, 1.165) is 17.8 Å². The molecule has 1 N–H and O–H groups in total. The van der Waals surface area contributed by atoms with Crippen molar-refractivity contribution >= 4 is 17.5 Å². The minimum Gasteiger partial charge on any atom is -0.482 e. The van der Waals surface area contributed by atoms with Crippen molar-refractivity contribution in [1.29, 1.82) is 0 Å². The molecule has 0 unspecified atom stereocenters. The van der Waals surface area contributed by atoms with Gasteiger partial charge < -0.3 is 19.5 Å². The van der Waals surface area contributed by atoms with Crippen LogP contribution in [-0.4, -0.2) is 28.6 Å². The Morgan fingerprint density at radius 3 is 2.64 bits per heavy atom. The molecule has 0 saturated carbocycles. The van der Waals surface area contributed by atoms with Gasteiger partial charge in [0.25, 0.3) is 11.8 Å². The van der Waals surface area contributed by atoms with Gasteiger partial charge in [0.15, 0.2) is 6.61 Å². The molecule has 0 aliphatic carbocycles. The van der Waals surface area contributed by atoms with Crippen molar-refractivity contribution in [2.24, 2.45) is 0 Å². The van der Waals surface area contributed by atoms with Crippen LogP contribution in [0.2, 0.25) is 0 Å².